The summed E-state index contributed by atoms with van der Waals surface area (Å²) in [6.07, 6.45) is 2.11. The van der Waals surface area contributed by atoms with Gasteiger partial charge in [0.25, 0.3) is 0 Å². The minimum absolute atomic E-state index is 0.0161. The first-order valence-electron chi connectivity index (χ1n) is 8.21. The van der Waals surface area contributed by atoms with Gasteiger partial charge in [-0.3, -0.25) is 0 Å². The van der Waals surface area contributed by atoms with E-state index in [2.05, 4.69) is 57.7 Å². The molecule has 0 amide bonds. The van der Waals surface area contributed by atoms with E-state index in [0.717, 1.165) is 41.1 Å². The zero-order valence-electron chi connectivity index (χ0n) is 13.9. The lowest BCUT2D eigenvalue weighted by Crippen LogP contribution is -2.43. The smallest absolute Gasteiger partial charge is 0.208 e. The van der Waals surface area contributed by atoms with Crippen molar-refractivity contribution in [2.45, 2.75) is 32.1 Å². The van der Waals surface area contributed by atoms with Crippen LogP contribution in [0.15, 0.2) is 35.7 Å². The quantitative estimate of drug-likeness (QED) is 0.705. The summed E-state index contributed by atoms with van der Waals surface area (Å²) in [5.74, 6) is 0. The number of thiazole rings is 1. The summed E-state index contributed by atoms with van der Waals surface area (Å²) >= 11 is 3.43. The third kappa shape index (κ3) is 2.74. The van der Waals surface area contributed by atoms with Gasteiger partial charge in [-0.05, 0) is 32.3 Å². The fraction of sp³-hybridized carbons (Fsp3) is 0.389. The van der Waals surface area contributed by atoms with E-state index >= 15 is 0 Å². The molecule has 24 heavy (non-hydrogen) atoms. The lowest BCUT2D eigenvalue weighted by molar-refractivity contribution is 0.384. The summed E-state index contributed by atoms with van der Waals surface area (Å²) in [6, 6.07) is 10.9. The van der Waals surface area contributed by atoms with Gasteiger partial charge in [-0.2, -0.15) is 0 Å². The largest absolute Gasteiger partial charge is 0.347 e. The zero-order chi connectivity index (χ0) is 16.6. The lowest BCUT2D eigenvalue weighted by Gasteiger charge is -2.41. The Labute approximate surface area is 150 Å². The Kier molecular flexibility index (Phi) is 4.10. The van der Waals surface area contributed by atoms with Crippen LogP contribution in [-0.4, -0.2) is 28.3 Å². The van der Waals surface area contributed by atoms with E-state index < -0.39 is 0 Å². The fourth-order valence-electron chi connectivity index (χ4n) is 3.53. The second-order valence-corrected chi connectivity index (χ2v) is 8.51. The number of hydrogen-bond acceptors (Lipinski definition) is 6. The Morgan fingerprint density at radius 2 is 1.75 bits per heavy atom. The van der Waals surface area contributed by atoms with Crippen LogP contribution in [0.3, 0.4) is 0 Å². The van der Waals surface area contributed by atoms with Gasteiger partial charge in [-0.15, -0.1) is 21.5 Å². The Morgan fingerprint density at radius 1 is 1.00 bits per heavy atom. The Morgan fingerprint density at radius 3 is 2.33 bits per heavy atom. The first-order chi connectivity index (χ1) is 11.7. The number of aryl methyl sites for hydroxylation is 2. The van der Waals surface area contributed by atoms with Gasteiger partial charge in [0.05, 0.1) is 10.7 Å². The normalized spacial score (nSPS) is 17.2. The molecule has 1 aliphatic rings. The summed E-state index contributed by atoms with van der Waals surface area (Å²) in [7, 11) is 0. The molecule has 4 rings (SSSR count). The summed E-state index contributed by atoms with van der Waals surface area (Å²) in [6.45, 7) is 6.07. The molecule has 0 bridgehead atoms. The van der Waals surface area contributed by atoms with E-state index in [4.69, 9.17) is 4.98 Å². The standard InChI is InChI=1S/C18H20N4S2/c1-13-19-16(12-23-13)18(15-6-4-3-5-7-15)8-10-22(11-9-18)17-21-20-14(2)24-17/h3-7,12H,8-11H2,1-2H3. The molecule has 0 unspecified atom stereocenters. The van der Waals surface area contributed by atoms with Crippen LogP contribution in [0.2, 0.25) is 0 Å². The molecule has 0 saturated carbocycles. The SMILES string of the molecule is Cc1nc(C2(c3ccccc3)CCN(c3nnc(C)s3)CC2)cs1. The van der Waals surface area contributed by atoms with Crippen LogP contribution in [0.25, 0.3) is 0 Å². The molecule has 1 aromatic carbocycles. The van der Waals surface area contributed by atoms with E-state index in [-0.39, 0.29) is 5.41 Å². The van der Waals surface area contributed by atoms with Crippen LogP contribution < -0.4 is 4.90 Å². The average molecular weight is 357 g/mol. The molecule has 0 spiro atoms. The van der Waals surface area contributed by atoms with Crippen molar-refractivity contribution in [1.29, 1.82) is 0 Å². The molecule has 1 aliphatic heterocycles. The average Bonchev–Trinajstić information content (AvgIpc) is 3.25. The van der Waals surface area contributed by atoms with E-state index in [1.165, 1.54) is 11.3 Å². The van der Waals surface area contributed by atoms with Gasteiger partial charge < -0.3 is 4.90 Å². The van der Waals surface area contributed by atoms with Crippen LogP contribution in [0.1, 0.15) is 34.1 Å². The lowest BCUT2D eigenvalue weighted by atomic mass is 9.71. The first kappa shape index (κ1) is 15.7. The molecule has 6 heteroatoms. The Balaban J connectivity index is 1.66. The van der Waals surface area contributed by atoms with Crippen LogP contribution >= 0.6 is 22.7 Å². The van der Waals surface area contributed by atoms with Gasteiger partial charge in [-0.1, -0.05) is 41.7 Å². The van der Waals surface area contributed by atoms with Crippen LogP contribution in [-0.2, 0) is 5.41 Å². The maximum absolute atomic E-state index is 4.86. The van der Waals surface area contributed by atoms with Gasteiger partial charge >= 0.3 is 0 Å². The highest BCUT2D eigenvalue weighted by molar-refractivity contribution is 7.15. The number of hydrogen-bond donors (Lipinski definition) is 0. The molecular weight excluding hydrogens is 336 g/mol. The Bertz CT molecular complexity index is 816. The van der Waals surface area contributed by atoms with E-state index in [0.29, 0.717) is 0 Å². The van der Waals surface area contributed by atoms with Crippen molar-refractivity contribution in [1.82, 2.24) is 15.2 Å². The maximum Gasteiger partial charge on any atom is 0.208 e. The summed E-state index contributed by atoms with van der Waals surface area (Å²) < 4.78 is 0. The van der Waals surface area contributed by atoms with Crippen molar-refractivity contribution in [2.75, 3.05) is 18.0 Å². The molecule has 0 aliphatic carbocycles. The van der Waals surface area contributed by atoms with Gasteiger partial charge in [0.15, 0.2) is 0 Å². The highest BCUT2D eigenvalue weighted by Crippen LogP contribution is 2.42. The maximum atomic E-state index is 4.86. The highest BCUT2D eigenvalue weighted by Gasteiger charge is 2.40. The predicted octanol–water partition coefficient (Wildman–Crippen LogP) is 4.20. The Hall–Kier alpha value is -1.79. The molecule has 1 saturated heterocycles. The summed E-state index contributed by atoms with van der Waals surface area (Å²) in [5, 5.41) is 13.9. The van der Waals surface area contributed by atoms with Crippen molar-refractivity contribution in [3.05, 3.63) is 57.0 Å². The van der Waals surface area contributed by atoms with Gasteiger partial charge in [0.1, 0.15) is 5.01 Å². The molecule has 3 heterocycles. The minimum Gasteiger partial charge on any atom is -0.347 e. The monoisotopic (exact) mass is 356 g/mol. The summed E-state index contributed by atoms with van der Waals surface area (Å²) in [5.41, 5.74) is 2.62. The van der Waals surface area contributed by atoms with E-state index in [9.17, 15) is 0 Å². The molecule has 3 aromatic rings. The van der Waals surface area contributed by atoms with Crippen LogP contribution in [0, 0.1) is 13.8 Å². The highest BCUT2D eigenvalue weighted by atomic mass is 32.1. The topological polar surface area (TPSA) is 41.9 Å². The number of anilines is 1. The molecule has 124 valence electrons. The zero-order valence-corrected chi connectivity index (χ0v) is 15.5. The van der Waals surface area contributed by atoms with Crippen molar-refractivity contribution in [3.63, 3.8) is 0 Å². The van der Waals surface area contributed by atoms with Gasteiger partial charge in [0, 0.05) is 23.9 Å². The number of rotatable bonds is 3. The molecule has 0 atom stereocenters. The predicted molar refractivity (Wildman–Crippen MR) is 100 cm³/mol. The van der Waals surface area contributed by atoms with Crippen LogP contribution in [0.5, 0.6) is 0 Å². The minimum atomic E-state index is 0.0161. The van der Waals surface area contributed by atoms with Crippen LogP contribution in [0.4, 0.5) is 5.13 Å². The fourth-order valence-corrected chi connectivity index (χ4v) is 4.98. The third-order valence-corrected chi connectivity index (χ3v) is 6.51. The number of piperidine rings is 1. The molecule has 1 fully saturated rings. The van der Waals surface area contributed by atoms with Gasteiger partial charge in [-0.25, -0.2) is 4.98 Å². The number of aromatic nitrogens is 3. The molecular formula is C18H20N4S2. The van der Waals surface area contributed by atoms with Crippen molar-refractivity contribution in [2.24, 2.45) is 0 Å². The van der Waals surface area contributed by atoms with Gasteiger partial charge in [0.2, 0.25) is 5.13 Å². The van der Waals surface area contributed by atoms with E-state index in [1.54, 1.807) is 22.7 Å². The molecule has 4 nitrogen and oxygen atoms in total. The first-order valence-corrected chi connectivity index (χ1v) is 9.90. The number of nitrogens with zero attached hydrogens (tertiary/aromatic N) is 4. The van der Waals surface area contributed by atoms with Crippen molar-refractivity contribution in [3.8, 4) is 0 Å². The molecule has 0 N–H and O–H groups in total. The second kappa shape index (κ2) is 6.26. The van der Waals surface area contributed by atoms with Crippen molar-refractivity contribution < 1.29 is 0 Å². The van der Waals surface area contributed by atoms with Crippen molar-refractivity contribution >= 4 is 27.8 Å². The van der Waals surface area contributed by atoms with E-state index in [1.807, 2.05) is 6.92 Å². The number of benzene rings is 1. The summed E-state index contributed by atoms with van der Waals surface area (Å²) in [4.78, 5) is 7.23. The third-order valence-electron chi connectivity index (χ3n) is 4.84. The molecule has 2 aromatic heterocycles. The second-order valence-electron chi connectivity index (χ2n) is 6.29. The molecule has 0 radical (unpaired) electrons.